The number of amides is 2. The molecule has 17 heteroatoms. The fourth-order valence-corrected chi connectivity index (χ4v) is 6.13. The zero-order chi connectivity index (χ0) is 36.5. The Balaban J connectivity index is 1.41. The van der Waals surface area contributed by atoms with E-state index in [2.05, 4.69) is 27.9 Å². The Morgan fingerprint density at radius 3 is 2.02 bits per heavy atom. The topological polar surface area (TPSA) is 247 Å². The van der Waals surface area contributed by atoms with E-state index in [0.29, 0.717) is 6.54 Å². The van der Waals surface area contributed by atoms with Gasteiger partial charge in [-0.1, -0.05) is 82.8 Å². The Kier molecular flexibility index (Phi) is 19.0. The van der Waals surface area contributed by atoms with Gasteiger partial charge in [0.15, 0.2) is 18.3 Å². The third kappa shape index (κ3) is 13.0. The summed E-state index contributed by atoms with van der Waals surface area (Å²) in [5.41, 5.74) is 0.151. The van der Waals surface area contributed by atoms with E-state index in [1.54, 1.807) is 0 Å². The molecule has 2 aliphatic heterocycles. The zero-order valence-electron chi connectivity index (χ0n) is 29.3. The molecule has 2 saturated heterocycles. The highest BCUT2D eigenvalue weighted by Crippen LogP contribution is 2.29. The van der Waals surface area contributed by atoms with E-state index in [0.717, 1.165) is 19.3 Å². The minimum atomic E-state index is -1.77. The van der Waals surface area contributed by atoms with Crippen molar-refractivity contribution in [1.82, 2.24) is 25.6 Å². The van der Waals surface area contributed by atoms with Gasteiger partial charge in [-0.3, -0.25) is 9.59 Å². The van der Waals surface area contributed by atoms with E-state index >= 15 is 0 Å². The van der Waals surface area contributed by atoms with E-state index in [1.807, 2.05) is 0 Å². The number of ether oxygens (including phenoxy) is 4. The van der Waals surface area contributed by atoms with E-state index in [9.17, 15) is 40.2 Å². The number of hydrogen-bond acceptors (Lipinski definition) is 14. The molecule has 17 nitrogen and oxygen atoms in total. The van der Waals surface area contributed by atoms with Gasteiger partial charge in [-0.2, -0.15) is 0 Å². The predicted octanol–water partition coefficient (Wildman–Crippen LogP) is -0.506. The zero-order valence-corrected chi connectivity index (χ0v) is 29.3. The number of hydrogen-bond donors (Lipinski definition) is 8. The molecule has 0 spiro atoms. The Morgan fingerprint density at radius 2 is 1.42 bits per heavy atom. The lowest BCUT2D eigenvalue weighted by Gasteiger charge is -2.47. The summed E-state index contributed by atoms with van der Waals surface area (Å²) in [7, 11) is 0. The van der Waals surface area contributed by atoms with Crippen LogP contribution >= 0.6 is 0 Å². The van der Waals surface area contributed by atoms with Gasteiger partial charge in [-0.05, 0) is 6.42 Å². The van der Waals surface area contributed by atoms with Crippen molar-refractivity contribution in [3.63, 3.8) is 0 Å². The SMILES string of the molecule is CCCCCCCCCCCCCCNC(=O)c1cn(CCO[C@@H]2O[C@H](CO)[C@@H](O[C@@H]3O[C@H](CO)[C@H](O)[C@H](O)[C@H]3O)[C@H](O)[C@H]2NC(C)=O)nn1. The molecule has 288 valence electrons. The highest BCUT2D eigenvalue weighted by atomic mass is 16.7. The van der Waals surface area contributed by atoms with Gasteiger partial charge in [0.1, 0.15) is 48.8 Å². The van der Waals surface area contributed by atoms with Crippen molar-refractivity contribution in [3.05, 3.63) is 11.9 Å². The van der Waals surface area contributed by atoms with Crippen LogP contribution < -0.4 is 10.6 Å². The second-order valence-electron chi connectivity index (χ2n) is 13.1. The molecule has 8 N–H and O–H groups in total. The van der Waals surface area contributed by atoms with Crippen LogP contribution in [-0.4, -0.2) is 145 Å². The fraction of sp³-hybridized carbons (Fsp3) is 0.879. The van der Waals surface area contributed by atoms with Crippen molar-refractivity contribution < 1.29 is 59.2 Å². The van der Waals surface area contributed by atoms with Gasteiger partial charge >= 0.3 is 0 Å². The van der Waals surface area contributed by atoms with E-state index in [4.69, 9.17) is 18.9 Å². The first-order valence-corrected chi connectivity index (χ1v) is 18.1. The molecule has 1 aromatic rings. The number of nitrogens with zero attached hydrogens (tertiary/aromatic N) is 3. The fourth-order valence-electron chi connectivity index (χ4n) is 6.13. The quantitative estimate of drug-likeness (QED) is 0.0665. The molecule has 3 heterocycles. The number of unbranched alkanes of at least 4 members (excludes halogenated alkanes) is 11. The monoisotopic (exact) mass is 717 g/mol. The normalized spacial score (nSPS) is 29.9. The Bertz CT molecular complexity index is 1110. The number of carbonyl (C=O) groups excluding carboxylic acids is 2. The molecule has 0 aromatic carbocycles. The van der Waals surface area contributed by atoms with Crippen LogP contribution in [0.3, 0.4) is 0 Å². The molecule has 0 bridgehead atoms. The van der Waals surface area contributed by atoms with Gasteiger partial charge in [0.2, 0.25) is 5.91 Å². The molecular formula is C33H59N5O12. The molecule has 0 radical (unpaired) electrons. The molecule has 2 aliphatic rings. The summed E-state index contributed by atoms with van der Waals surface area (Å²) >= 11 is 0. The summed E-state index contributed by atoms with van der Waals surface area (Å²) in [5, 5.41) is 74.6. The van der Waals surface area contributed by atoms with Crippen molar-refractivity contribution in [1.29, 1.82) is 0 Å². The number of carbonyl (C=O) groups is 2. The maximum absolute atomic E-state index is 12.5. The van der Waals surface area contributed by atoms with Crippen LogP contribution in [0.4, 0.5) is 0 Å². The second kappa shape index (κ2) is 22.6. The van der Waals surface area contributed by atoms with E-state index < -0.39 is 80.5 Å². The minimum Gasteiger partial charge on any atom is -0.394 e. The van der Waals surface area contributed by atoms with Gasteiger partial charge < -0.3 is 60.2 Å². The first kappa shape index (κ1) is 42.1. The standard InChI is InChI=1S/C33H59N5O12/c1-3-4-5-6-7-8-9-10-11-12-13-14-15-34-31(46)22-18-38(37-36-22)16-17-47-32-25(35-21(2)41)27(43)30(24(20-40)49-32)50-33-29(45)28(44)26(42)23(19-39)48-33/h18,23-30,32-33,39-40,42-45H,3-17,19-20H2,1-2H3,(H,34,46)(H,35,41)/t23-,24-,25-,26+,27-,28+,29-,30-,32-,33+/m1/s1. The Labute approximate surface area is 293 Å². The second-order valence-corrected chi connectivity index (χ2v) is 13.1. The molecule has 0 saturated carbocycles. The highest BCUT2D eigenvalue weighted by Gasteiger charge is 2.51. The summed E-state index contributed by atoms with van der Waals surface area (Å²) in [6, 6.07) is -1.21. The molecule has 3 rings (SSSR count). The van der Waals surface area contributed by atoms with Crippen LogP contribution in [0.5, 0.6) is 0 Å². The summed E-state index contributed by atoms with van der Waals surface area (Å²) < 4.78 is 24.1. The third-order valence-corrected chi connectivity index (χ3v) is 9.05. The van der Waals surface area contributed by atoms with E-state index in [1.165, 1.54) is 75.6 Å². The number of rotatable bonds is 23. The van der Waals surface area contributed by atoms with Crippen molar-refractivity contribution in [3.8, 4) is 0 Å². The molecule has 50 heavy (non-hydrogen) atoms. The first-order valence-electron chi connectivity index (χ1n) is 18.1. The number of aromatic nitrogens is 3. The Hall–Kier alpha value is -2.32. The third-order valence-electron chi connectivity index (χ3n) is 9.05. The van der Waals surface area contributed by atoms with Gasteiger partial charge in [0.05, 0.1) is 32.6 Å². The first-order chi connectivity index (χ1) is 24.1. The largest absolute Gasteiger partial charge is 0.394 e. The van der Waals surface area contributed by atoms with Gasteiger partial charge in [0.25, 0.3) is 5.91 Å². The van der Waals surface area contributed by atoms with Crippen molar-refractivity contribution >= 4 is 11.8 Å². The van der Waals surface area contributed by atoms with Gasteiger partial charge in [-0.25, -0.2) is 4.68 Å². The van der Waals surface area contributed by atoms with Crippen molar-refractivity contribution in [2.75, 3.05) is 26.4 Å². The van der Waals surface area contributed by atoms with Crippen molar-refractivity contribution in [2.24, 2.45) is 0 Å². The van der Waals surface area contributed by atoms with Crippen LogP contribution in [0, 0.1) is 0 Å². The molecule has 0 aliphatic carbocycles. The summed E-state index contributed by atoms with van der Waals surface area (Å²) in [4.78, 5) is 24.5. The molecule has 2 fully saturated rings. The number of aliphatic hydroxyl groups excluding tert-OH is 6. The lowest BCUT2D eigenvalue weighted by Crippen LogP contribution is -2.67. The molecule has 1 aromatic heterocycles. The number of nitrogens with one attached hydrogen (secondary N) is 2. The lowest BCUT2D eigenvalue weighted by atomic mass is 9.95. The smallest absolute Gasteiger partial charge is 0.273 e. The molecule has 0 unspecified atom stereocenters. The summed E-state index contributed by atoms with van der Waals surface area (Å²) in [6.07, 6.45) is 2.83. The van der Waals surface area contributed by atoms with Crippen LogP contribution in [0.1, 0.15) is 101 Å². The van der Waals surface area contributed by atoms with Gasteiger partial charge in [-0.15, -0.1) is 5.10 Å². The maximum atomic E-state index is 12.5. The van der Waals surface area contributed by atoms with Crippen LogP contribution in [0.25, 0.3) is 0 Å². The molecular weight excluding hydrogens is 658 g/mol. The van der Waals surface area contributed by atoms with Crippen LogP contribution in [0.2, 0.25) is 0 Å². The molecule has 2 amide bonds. The van der Waals surface area contributed by atoms with Crippen LogP contribution in [-0.2, 0) is 30.3 Å². The Morgan fingerprint density at radius 1 is 0.820 bits per heavy atom. The average molecular weight is 718 g/mol. The minimum absolute atomic E-state index is 0.0485. The van der Waals surface area contributed by atoms with Crippen molar-refractivity contribution in [2.45, 2.75) is 159 Å². The number of aliphatic hydroxyl groups is 6. The molecule has 10 atom stereocenters. The van der Waals surface area contributed by atoms with Crippen LogP contribution in [0.15, 0.2) is 6.20 Å². The summed E-state index contributed by atoms with van der Waals surface area (Å²) in [5.74, 6) is -0.864. The summed E-state index contributed by atoms with van der Waals surface area (Å²) in [6.45, 7) is 2.72. The van der Waals surface area contributed by atoms with E-state index in [-0.39, 0.29) is 24.8 Å². The average Bonchev–Trinajstić information content (AvgIpc) is 3.58. The highest BCUT2D eigenvalue weighted by molar-refractivity contribution is 5.91. The predicted molar refractivity (Wildman–Crippen MR) is 177 cm³/mol. The lowest BCUT2D eigenvalue weighted by molar-refractivity contribution is -0.348. The maximum Gasteiger partial charge on any atom is 0.273 e. The van der Waals surface area contributed by atoms with Gasteiger partial charge in [0, 0.05) is 13.5 Å².